The molecule has 1 aliphatic heterocycles. The van der Waals surface area contributed by atoms with Gasteiger partial charge in [-0.2, -0.15) is 0 Å². The standard InChI is InChI=1S/C12H16O2/c13-12(8-3-2-6-14-7-8)11-9-4-1-5-10(9)11/h7,9-11H,1-6H2. The molecule has 14 heavy (non-hydrogen) atoms. The summed E-state index contributed by atoms with van der Waals surface area (Å²) < 4.78 is 5.22. The van der Waals surface area contributed by atoms with Crippen molar-refractivity contribution in [3.05, 3.63) is 11.8 Å². The predicted octanol–water partition coefficient (Wildman–Crippen LogP) is 2.30. The van der Waals surface area contributed by atoms with Gasteiger partial charge in [0.15, 0.2) is 5.78 Å². The van der Waals surface area contributed by atoms with Crippen molar-refractivity contribution in [2.24, 2.45) is 17.8 Å². The zero-order valence-electron chi connectivity index (χ0n) is 8.37. The van der Waals surface area contributed by atoms with E-state index in [4.69, 9.17) is 4.74 Å². The monoisotopic (exact) mass is 192 g/mol. The van der Waals surface area contributed by atoms with E-state index in [1.54, 1.807) is 6.26 Å². The van der Waals surface area contributed by atoms with Gasteiger partial charge in [0, 0.05) is 11.5 Å². The van der Waals surface area contributed by atoms with Gasteiger partial charge in [-0.15, -0.1) is 0 Å². The number of fused-ring (bicyclic) bond motifs is 1. The minimum Gasteiger partial charge on any atom is -0.501 e. The Morgan fingerprint density at radius 2 is 2.07 bits per heavy atom. The van der Waals surface area contributed by atoms with Crippen LogP contribution in [0.15, 0.2) is 11.8 Å². The van der Waals surface area contributed by atoms with Crippen LogP contribution in [0.25, 0.3) is 0 Å². The minimum atomic E-state index is 0.386. The summed E-state index contributed by atoms with van der Waals surface area (Å²) >= 11 is 0. The molecule has 2 saturated carbocycles. The molecule has 76 valence electrons. The number of hydrogen-bond donors (Lipinski definition) is 0. The number of rotatable bonds is 2. The molecule has 2 heteroatoms. The lowest BCUT2D eigenvalue weighted by atomic mass is 9.98. The van der Waals surface area contributed by atoms with Crippen LogP contribution in [0.5, 0.6) is 0 Å². The molecule has 0 bridgehead atoms. The lowest BCUT2D eigenvalue weighted by Gasteiger charge is -2.13. The van der Waals surface area contributed by atoms with Crippen LogP contribution in [-0.2, 0) is 9.53 Å². The maximum Gasteiger partial charge on any atom is 0.165 e. The number of Topliss-reactive ketones (excluding diaryl/α,β-unsaturated/α-hetero) is 1. The summed E-state index contributed by atoms with van der Waals surface area (Å²) in [6.07, 6.45) is 7.58. The Bertz CT molecular complexity index is 283. The number of carbonyl (C=O) groups excluding carboxylic acids is 1. The summed E-state index contributed by atoms with van der Waals surface area (Å²) in [6.45, 7) is 0.786. The molecule has 0 N–H and O–H groups in total. The summed E-state index contributed by atoms with van der Waals surface area (Å²) in [7, 11) is 0. The third-order valence-electron chi connectivity index (χ3n) is 3.96. The van der Waals surface area contributed by atoms with Crippen LogP contribution < -0.4 is 0 Å². The van der Waals surface area contributed by atoms with E-state index in [1.165, 1.54) is 19.3 Å². The largest absolute Gasteiger partial charge is 0.501 e. The predicted molar refractivity (Wildman–Crippen MR) is 52.6 cm³/mol. The highest BCUT2D eigenvalue weighted by Crippen LogP contribution is 2.58. The fraction of sp³-hybridized carbons (Fsp3) is 0.750. The Morgan fingerprint density at radius 3 is 2.71 bits per heavy atom. The second-order valence-electron chi connectivity index (χ2n) is 4.77. The Morgan fingerprint density at radius 1 is 1.29 bits per heavy atom. The van der Waals surface area contributed by atoms with Crippen molar-refractivity contribution in [3.63, 3.8) is 0 Å². The Kier molecular flexibility index (Phi) is 1.89. The highest BCUT2D eigenvalue weighted by Gasteiger charge is 2.56. The first-order valence-corrected chi connectivity index (χ1v) is 5.73. The van der Waals surface area contributed by atoms with Crippen molar-refractivity contribution in [1.29, 1.82) is 0 Å². The number of ether oxygens (including phenoxy) is 1. The van der Waals surface area contributed by atoms with Gasteiger partial charge in [0.1, 0.15) is 0 Å². The van der Waals surface area contributed by atoms with Crippen LogP contribution in [0, 0.1) is 17.8 Å². The minimum absolute atomic E-state index is 0.386. The van der Waals surface area contributed by atoms with Crippen LogP contribution in [0.2, 0.25) is 0 Å². The molecule has 3 rings (SSSR count). The van der Waals surface area contributed by atoms with E-state index in [9.17, 15) is 4.79 Å². The first-order chi connectivity index (χ1) is 6.88. The topological polar surface area (TPSA) is 26.3 Å². The molecule has 0 aromatic rings. The molecule has 1 heterocycles. The highest BCUT2D eigenvalue weighted by molar-refractivity contribution is 5.99. The maximum atomic E-state index is 12.0. The summed E-state index contributed by atoms with van der Waals surface area (Å²) in [5.74, 6) is 2.27. The summed E-state index contributed by atoms with van der Waals surface area (Å²) in [5, 5.41) is 0. The molecule has 0 saturated heterocycles. The summed E-state index contributed by atoms with van der Waals surface area (Å²) in [6, 6.07) is 0. The second-order valence-corrected chi connectivity index (χ2v) is 4.77. The molecule has 0 spiro atoms. The van der Waals surface area contributed by atoms with Crippen LogP contribution in [0.4, 0.5) is 0 Å². The first-order valence-electron chi connectivity index (χ1n) is 5.73. The average molecular weight is 192 g/mol. The van der Waals surface area contributed by atoms with Gasteiger partial charge < -0.3 is 4.74 Å². The smallest absolute Gasteiger partial charge is 0.165 e. The molecular formula is C12H16O2. The van der Waals surface area contributed by atoms with E-state index in [0.717, 1.165) is 36.9 Å². The van der Waals surface area contributed by atoms with Crippen LogP contribution >= 0.6 is 0 Å². The summed E-state index contributed by atoms with van der Waals surface area (Å²) in [5.41, 5.74) is 0.954. The van der Waals surface area contributed by atoms with Gasteiger partial charge in [-0.3, -0.25) is 4.79 Å². The van der Waals surface area contributed by atoms with Gasteiger partial charge in [0.25, 0.3) is 0 Å². The van der Waals surface area contributed by atoms with E-state index in [1.807, 2.05) is 0 Å². The van der Waals surface area contributed by atoms with E-state index in [2.05, 4.69) is 0 Å². The zero-order chi connectivity index (χ0) is 9.54. The van der Waals surface area contributed by atoms with Gasteiger partial charge >= 0.3 is 0 Å². The molecule has 0 aromatic carbocycles. The van der Waals surface area contributed by atoms with Gasteiger partial charge in [-0.25, -0.2) is 0 Å². The second kappa shape index (κ2) is 3.11. The van der Waals surface area contributed by atoms with Crippen molar-refractivity contribution in [2.45, 2.75) is 32.1 Å². The zero-order valence-corrected chi connectivity index (χ0v) is 8.37. The van der Waals surface area contributed by atoms with Crippen molar-refractivity contribution in [3.8, 4) is 0 Å². The third kappa shape index (κ3) is 1.20. The molecule has 3 aliphatic rings. The van der Waals surface area contributed by atoms with Gasteiger partial charge in [-0.1, -0.05) is 6.42 Å². The molecule has 2 fully saturated rings. The summed E-state index contributed by atoms with van der Waals surface area (Å²) in [4.78, 5) is 12.0. The Balaban J connectivity index is 1.68. The lowest BCUT2D eigenvalue weighted by molar-refractivity contribution is -0.117. The number of hydrogen-bond acceptors (Lipinski definition) is 2. The van der Waals surface area contributed by atoms with E-state index in [0.29, 0.717) is 11.7 Å². The molecular weight excluding hydrogens is 176 g/mol. The lowest BCUT2D eigenvalue weighted by Crippen LogP contribution is -2.13. The highest BCUT2D eigenvalue weighted by atomic mass is 16.5. The maximum absolute atomic E-state index is 12.0. The van der Waals surface area contributed by atoms with Crippen molar-refractivity contribution >= 4 is 5.78 Å². The molecule has 0 amide bonds. The fourth-order valence-electron chi connectivity index (χ4n) is 3.17. The van der Waals surface area contributed by atoms with E-state index in [-0.39, 0.29) is 0 Å². The molecule has 2 unspecified atom stereocenters. The number of carbonyl (C=O) groups is 1. The molecule has 0 aromatic heterocycles. The molecule has 2 aliphatic carbocycles. The van der Waals surface area contributed by atoms with Gasteiger partial charge in [0.2, 0.25) is 0 Å². The van der Waals surface area contributed by atoms with Crippen LogP contribution in [0.1, 0.15) is 32.1 Å². The van der Waals surface area contributed by atoms with Crippen molar-refractivity contribution in [2.75, 3.05) is 6.61 Å². The molecule has 2 nitrogen and oxygen atoms in total. The molecule has 2 atom stereocenters. The van der Waals surface area contributed by atoms with Crippen LogP contribution in [-0.4, -0.2) is 12.4 Å². The van der Waals surface area contributed by atoms with Crippen molar-refractivity contribution < 1.29 is 9.53 Å². The van der Waals surface area contributed by atoms with Gasteiger partial charge in [-0.05, 0) is 37.5 Å². The Hall–Kier alpha value is -0.790. The number of ketones is 1. The average Bonchev–Trinajstić information content (AvgIpc) is 2.72. The third-order valence-corrected chi connectivity index (χ3v) is 3.96. The van der Waals surface area contributed by atoms with E-state index < -0.39 is 0 Å². The SMILES string of the molecule is O=C(C1=COCCC1)C1C2CCCC21. The quantitative estimate of drug-likeness (QED) is 0.671. The first kappa shape index (κ1) is 8.51. The normalized spacial score (nSPS) is 39.7. The van der Waals surface area contributed by atoms with Crippen molar-refractivity contribution in [1.82, 2.24) is 0 Å². The van der Waals surface area contributed by atoms with Gasteiger partial charge in [0.05, 0.1) is 12.9 Å². The number of allylic oxidation sites excluding steroid dienone is 1. The van der Waals surface area contributed by atoms with E-state index >= 15 is 0 Å². The Labute approximate surface area is 84.3 Å². The molecule has 0 radical (unpaired) electrons. The fourth-order valence-corrected chi connectivity index (χ4v) is 3.17. The van der Waals surface area contributed by atoms with Crippen LogP contribution in [0.3, 0.4) is 0 Å².